The number of ether oxygens (including phenoxy) is 1. The molecule has 0 fully saturated rings. The standard InChI is InChI=1S/C25H28ClNO3S2/c1-17-6-11-25(31-17)32(28,29)13-3-12-30-21-9-7-19-8-10-24(27)23(22(19)16-21)15-18-4-2-5-20(26)14-18/h2,4-7,9,11,14,16,23-24H,3,8,10,12-13,15,27H2,1H3. The van der Waals surface area contributed by atoms with Crippen molar-refractivity contribution in [2.24, 2.45) is 5.73 Å². The Morgan fingerprint density at radius 1 is 1.16 bits per heavy atom. The normalized spacial score (nSPS) is 18.3. The number of sulfone groups is 1. The van der Waals surface area contributed by atoms with Crippen LogP contribution >= 0.6 is 22.9 Å². The number of hydrogen-bond acceptors (Lipinski definition) is 5. The summed E-state index contributed by atoms with van der Waals surface area (Å²) in [6.07, 6.45) is 3.19. The highest BCUT2D eigenvalue weighted by atomic mass is 35.5. The molecule has 0 saturated carbocycles. The van der Waals surface area contributed by atoms with E-state index in [0.717, 1.165) is 34.9 Å². The van der Waals surface area contributed by atoms with Crippen molar-refractivity contribution < 1.29 is 13.2 Å². The van der Waals surface area contributed by atoms with Crippen molar-refractivity contribution in [3.05, 3.63) is 81.2 Å². The Hall–Kier alpha value is -1.86. The molecule has 3 aromatic rings. The van der Waals surface area contributed by atoms with Crippen LogP contribution in [0.2, 0.25) is 5.02 Å². The van der Waals surface area contributed by atoms with Crippen molar-refractivity contribution in [3.63, 3.8) is 0 Å². The summed E-state index contributed by atoms with van der Waals surface area (Å²) in [6.45, 7) is 2.27. The second-order valence-electron chi connectivity index (χ2n) is 8.39. The lowest BCUT2D eigenvalue weighted by Crippen LogP contribution is -2.34. The largest absolute Gasteiger partial charge is 0.494 e. The molecular weight excluding hydrogens is 462 g/mol. The van der Waals surface area contributed by atoms with Crippen LogP contribution in [0.3, 0.4) is 0 Å². The van der Waals surface area contributed by atoms with Gasteiger partial charge in [-0.2, -0.15) is 0 Å². The van der Waals surface area contributed by atoms with Gasteiger partial charge in [0, 0.05) is 21.9 Å². The maximum absolute atomic E-state index is 12.5. The minimum atomic E-state index is -3.25. The highest BCUT2D eigenvalue weighted by Gasteiger charge is 2.28. The van der Waals surface area contributed by atoms with Crippen LogP contribution in [0.1, 0.15) is 40.3 Å². The van der Waals surface area contributed by atoms with E-state index in [-0.39, 0.29) is 17.7 Å². The number of halogens is 1. The average Bonchev–Trinajstić information content (AvgIpc) is 3.21. The predicted molar refractivity (Wildman–Crippen MR) is 132 cm³/mol. The van der Waals surface area contributed by atoms with Crippen molar-refractivity contribution in [2.75, 3.05) is 12.4 Å². The van der Waals surface area contributed by atoms with E-state index < -0.39 is 9.84 Å². The van der Waals surface area contributed by atoms with Gasteiger partial charge in [0.15, 0.2) is 9.84 Å². The number of aryl methyl sites for hydroxylation is 2. The summed E-state index contributed by atoms with van der Waals surface area (Å²) in [6, 6.07) is 17.7. The molecular formula is C25H28ClNO3S2. The minimum Gasteiger partial charge on any atom is -0.494 e. The smallest absolute Gasteiger partial charge is 0.187 e. The second-order valence-corrected chi connectivity index (χ2v) is 12.4. The lowest BCUT2D eigenvalue weighted by molar-refractivity contribution is 0.316. The molecule has 1 aliphatic carbocycles. The number of hydrogen-bond donors (Lipinski definition) is 1. The van der Waals surface area contributed by atoms with Gasteiger partial charge in [-0.1, -0.05) is 29.8 Å². The lowest BCUT2D eigenvalue weighted by atomic mass is 9.76. The van der Waals surface area contributed by atoms with Crippen LogP contribution in [0.25, 0.3) is 0 Å². The average molecular weight is 490 g/mol. The van der Waals surface area contributed by atoms with E-state index in [0.29, 0.717) is 17.2 Å². The van der Waals surface area contributed by atoms with E-state index in [1.807, 2.05) is 37.3 Å². The molecule has 0 aliphatic heterocycles. The molecule has 4 nitrogen and oxygen atoms in total. The maximum Gasteiger partial charge on any atom is 0.187 e. The summed E-state index contributed by atoms with van der Waals surface area (Å²) in [5, 5.41) is 0.733. The zero-order valence-electron chi connectivity index (χ0n) is 18.1. The Labute approximate surface area is 199 Å². The molecule has 1 aliphatic rings. The Morgan fingerprint density at radius 3 is 2.75 bits per heavy atom. The van der Waals surface area contributed by atoms with Crippen molar-refractivity contribution >= 4 is 32.8 Å². The van der Waals surface area contributed by atoms with Gasteiger partial charge in [-0.05, 0) is 85.7 Å². The maximum atomic E-state index is 12.5. The Kier molecular flexibility index (Phi) is 7.25. The first-order valence-electron chi connectivity index (χ1n) is 10.9. The summed E-state index contributed by atoms with van der Waals surface area (Å²) in [5.74, 6) is 1.04. The Balaban J connectivity index is 1.41. The summed E-state index contributed by atoms with van der Waals surface area (Å²) < 4.78 is 31.3. The SMILES string of the molecule is Cc1ccc(S(=O)(=O)CCCOc2ccc3c(c2)C(Cc2cccc(Cl)c2)C(N)CC3)s1. The van der Waals surface area contributed by atoms with Crippen molar-refractivity contribution in [1.82, 2.24) is 0 Å². The Bertz CT molecular complexity index is 1190. The van der Waals surface area contributed by atoms with Gasteiger partial charge in [0.05, 0.1) is 12.4 Å². The van der Waals surface area contributed by atoms with Crippen LogP contribution in [0, 0.1) is 6.92 Å². The predicted octanol–water partition coefficient (Wildman–Crippen LogP) is 5.55. The van der Waals surface area contributed by atoms with Crippen LogP contribution in [0.15, 0.2) is 58.8 Å². The quantitative estimate of drug-likeness (QED) is 0.421. The molecule has 0 amide bonds. The van der Waals surface area contributed by atoms with Crippen molar-refractivity contribution in [3.8, 4) is 5.75 Å². The molecule has 0 spiro atoms. The Morgan fingerprint density at radius 2 is 2.00 bits per heavy atom. The molecule has 32 heavy (non-hydrogen) atoms. The van der Waals surface area contributed by atoms with Crippen LogP contribution in [-0.4, -0.2) is 26.8 Å². The van der Waals surface area contributed by atoms with Gasteiger partial charge in [0.1, 0.15) is 9.96 Å². The molecule has 0 saturated heterocycles. The number of thiophene rings is 1. The summed E-state index contributed by atoms with van der Waals surface area (Å²) in [7, 11) is -3.25. The third kappa shape index (κ3) is 5.54. The zero-order chi connectivity index (χ0) is 22.7. The third-order valence-corrected chi connectivity index (χ3v) is 9.59. The van der Waals surface area contributed by atoms with Gasteiger partial charge in [0.2, 0.25) is 0 Å². The van der Waals surface area contributed by atoms with Crippen LogP contribution in [0.4, 0.5) is 0 Å². The molecule has 2 N–H and O–H groups in total. The summed E-state index contributed by atoms with van der Waals surface area (Å²) in [4.78, 5) is 0.999. The second kappa shape index (κ2) is 9.96. The molecule has 4 rings (SSSR count). The monoisotopic (exact) mass is 489 g/mol. The minimum absolute atomic E-state index is 0.0797. The molecule has 0 bridgehead atoms. The van der Waals surface area contributed by atoms with E-state index in [1.165, 1.54) is 28.0 Å². The van der Waals surface area contributed by atoms with Crippen molar-refractivity contribution in [1.29, 1.82) is 0 Å². The topological polar surface area (TPSA) is 69.4 Å². The number of fused-ring (bicyclic) bond motifs is 1. The number of benzene rings is 2. The fourth-order valence-electron chi connectivity index (χ4n) is 4.29. The van der Waals surface area contributed by atoms with E-state index in [9.17, 15) is 8.42 Å². The van der Waals surface area contributed by atoms with E-state index >= 15 is 0 Å². The molecule has 2 atom stereocenters. The molecule has 2 aromatic carbocycles. The lowest BCUT2D eigenvalue weighted by Gasteiger charge is -2.32. The van der Waals surface area contributed by atoms with Gasteiger partial charge in [-0.25, -0.2) is 8.42 Å². The van der Waals surface area contributed by atoms with E-state index in [2.05, 4.69) is 18.2 Å². The van der Waals surface area contributed by atoms with E-state index in [1.54, 1.807) is 6.07 Å². The van der Waals surface area contributed by atoms with E-state index in [4.69, 9.17) is 22.1 Å². The highest BCUT2D eigenvalue weighted by Crippen LogP contribution is 2.36. The molecule has 2 unspecified atom stereocenters. The van der Waals surface area contributed by atoms with Crippen LogP contribution in [0.5, 0.6) is 5.75 Å². The molecule has 0 radical (unpaired) electrons. The van der Waals surface area contributed by atoms with Gasteiger partial charge in [0.25, 0.3) is 0 Å². The molecule has 170 valence electrons. The first-order valence-corrected chi connectivity index (χ1v) is 13.7. The number of nitrogens with two attached hydrogens (primary N) is 1. The summed E-state index contributed by atoms with van der Waals surface area (Å²) >= 11 is 7.49. The summed E-state index contributed by atoms with van der Waals surface area (Å²) in [5.41, 5.74) is 10.2. The molecule has 7 heteroatoms. The fourth-order valence-corrected chi connectivity index (χ4v) is 7.22. The van der Waals surface area contributed by atoms with Gasteiger partial charge in [-0.15, -0.1) is 11.3 Å². The van der Waals surface area contributed by atoms with Gasteiger partial charge < -0.3 is 10.5 Å². The fraction of sp³-hybridized carbons (Fsp3) is 0.360. The zero-order valence-corrected chi connectivity index (χ0v) is 20.5. The highest BCUT2D eigenvalue weighted by molar-refractivity contribution is 7.93. The molecule has 1 aromatic heterocycles. The van der Waals surface area contributed by atoms with Crippen LogP contribution in [-0.2, 0) is 22.7 Å². The van der Waals surface area contributed by atoms with Crippen molar-refractivity contribution in [2.45, 2.75) is 48.8 Å². The number of rotatable bonds is 8. The van der Waals surface area contributed by atoms with Gasteiger partial charge in [-0.3, -0.25) is 0 Å². The first kappa shape index (κ1) is 23.3. The first-order chi connectivity index (χ1) is 15.3. The third-order valence-electron chi connectivity index (χ3n) is 5.97. The van der Waals surface area contributed by atoms with Crippen LogP contribution < -0.4 is 10.5 Å². The van der Waals surface area contributed by atoms with Gasteiger partial charge >= 0.3 is 0 Å². The molecule has 1 heterocycles.